The van der Waals surface area contributed by atoms with Gasteiger partial charge in [0.1, 0.15) is 5.76 Å². The van der Waals surface area contributed by atoms with Crippen LogP contribution in [-0.2, 0) is 4.74 Å². The highest BCUT2D eigenvalue weighted by molar-refractivity contribution is 5.07. The van der Waals surface area contributed by atoms with E-state index in [1.165, 1.54) is 0 Å². The molecule has 2 atom stereocenters. The van der Waals surface area contributed by atoms with E-state index in [1.807, 2.05) is 12.1 Å². The van der Waals surface area contributed by atoms with E-state index in [9.17, 15) is 0 Å². The third kappa shape index (κ3) is 3.84. The maximum absolute atomic E-state index is 6.21. The lowest BCUT2D eigenvalue weighted by Gasteiger charge is -2.32. The number of nitrogens with two attached hydrogens (primary N) is 1. The van der Waals surface area contributed by atoms with Crippen molar-refractivity contribution in [2.24, 2.45) is 5.73 Å². The smallest absolute Gasteiger partial charge is 0.122 e. The van der Waals surface area contributed by atoms with E-state index in [2.05, 4.69) is 18.7 Å². The Kier molecular flexibility index (Phi) is 6.26. The summed E-state index contributed by atoms with van der Waals surface area (Å²) < 4.78 is 10.7. The largest absolute Gasteiger partial charge is 0.468 e. The van der Waals surface area contributed by atoms with Gasteiger partial charge in [0.05, 0.1) is 18.9 Å². The van der Waals surface area contributed by atoms with Crippen molar-refractivity contribution in [3.63, 3.8) is 0 Å². The van der Waals surface area contributed by atoms with Crippen LogP contribution in [0.15, 0.2) is 22.8 Å². The van der Waals surface area contributed by atoms with Gasteiger partial charge in [-0.05, 0) is 25.1 Å². The number of furan rings is 1. The normalized spacial score (nSPS) is 15.1. The Morgan fingerprint density at radius 1 is 1.47 bits per heavy atom. The lowest BCUT2D eigenvalue weighted by atomic mass is 10.0. The molecule has 0 amide bonds. The van der Waals surface area contributed by atoms with Crippen LogP contribution in [0.25, 0.3) is 0 Å². The molecule has 2 unspecified atom stereocenters. The van der Waals surface area contributed by atoms with Gasteiger partial charge >= 0.3 is 0 Å². The fourth-order valence-corrected chi connectivity index (χ4v) is 2.05. The highest BCUT2D eigenvalue weighted by Crippen LogP contribution is 2.25. The number of hydrogen-bond donors (Lipinski definition) is 1. The minimum Gasteiger partial charge on any atom is -0.468 e. The number of hydrogen-bond acceptors (Lipinski definition) is 4. The highest BCUT2D eigenvalue weighted by atomic mass is 16.5. The van der Waals surface area contributed by atoms with Crippen molar-refractivity contribution in [3.8, 4) is 0 Å². The van der Waals surface area contributed by atoms with E-state index in [-0.39, 0.29) is 12.1 Å². The molecular formula is C13H24N2O2. The van der Waals surface area contributed by atoms with Gasteiger partial charge in [-0.25, -0.2) is 0 Å². The fourth-order valence-electron chi connectivity index (χ4n) is 2.05. The predicted octanol–water partition coefficient (Wildman–Crippen LogP) is 2.03. The van der Waals surface area contributed by atoms with Crippen molar-refractivity contribution in [1.29, 1.82) is 0 Å². The molecule has 17 heavy (non-hydrogen) atoms. The van der Waals surface area contributed by atoms with Gasteiger partial charge in [0.2, 0.25) is 0 Å². The first-order valence-corrected chi connectivity index (χ1v) is 6.26. The van der Waals surface area contributed by atoms with Crippen LogP contribution in [0.1, 0.15) is 32.1 Å². The summed E-state index contributed by atoms with van der Waals surface area (Å²) in [6, 6.07) is 4.12. The summed E-state index contributed by atoms with van der Waals surface area (Å²) in [7, 11) is 1.72. The van der Waals surface area contributed by atoms with Crippen molar-refractivity contribution in [3.05, 3.63) is 24.2 Å². The lowest BCUT2D eigenvalue weighted by Crippen LogP contribution is -2.42. The SMILES string of the molecule is CCC(N)C(c1ccco1)N(CC)CCOC. The molecule has 0 aliphatic carbocycles. The number of likely N-dealkylation sites (N-methyl/N-ethyl adjacent to an activating group) is 1. The summed E-state index contributed by atoms with van der Waals surface area (Å²) in [6.45, 7) is 6.74. The number of nitrogens with zero attached hydrogens (tertiary/aromatic N) is 1. The molecule has 1 aromatic heterocycles. The van der Waals surface area contributed by atoms with E-state index in [0.717, 1.165) is 25.3 Å². The molecular weight excluding hydrogens is 216 g/mol. The average molecular weight is 240 g/mol. The van der Waals surface area contributed by atoms with E-state index in [1.54, 1.807) is 13.4 Å². The molecule has 0 fully saturated rings. The van der Waals surface area contributed by atoms with Crippen LogP contribution >= 0.6 is 0 Å². The minimum absolute atomic E-state index is 0.0814. The van der Waals surface area contributed by atoms with E-state index < -0.39 is 0 Å². The molecule has 0 spiro atoms. The molecule has 1 rings (SSSR count). The second-order valence-corrected chi connectivity index (χ2v) is 4.15. The van der Waals surface area contributed by atoms with Crippen molar-refractivity contribution in [1.82, 2.24) is 4.90 Å². The Hall–Kier alpha value is -0.840. The Labute approximate surface area is 104 Å². The van der Waals surface area contributed by atoms with Crippen molar-refractivity contribution >= 4 is 0 Å². The first-order valence-electron chi connectivity index (χ1n) is 6.26. The standard InChI is InChI=1S/C13H24N2O2/c1-4-11(14)13(12-7-6-9-17-12)15(5-2)8-10-16-3/h6-7,9,11,13H,4-5,8,10,14H2,1-3H3. The molecule has 1 aromatic rings. The zero-order valence-corrected chi connectivity index (χ0v) is 11.1. The van der Waals surface area contributed by atoms with E-state index >= 15 is 0 Å². The Balaban J connectivity index is 2.80. The van der Waals surface area contributed by atoms with Crippen molar-refractivity contribution in [2.75, 3.05) is 26.8 Å². The molecule has 0 radical (unpaired) electrons. The monoisotopic (exact) mass is 240 g/mol. The molecule has 98 valence electrons. The van der Waals surface area contributed by atoms with Gasteiger partial charge in [0.15, 0.2) is 0 Å². The Bertz CT molecular complexity index is 288. The molecule has 4 nitrogen and oxygen atoms in total. The second-order valence-electron chi connectivity index (χ2n) is 4.15. The van der Waals surface area contributed by atoms with Crippen LogP contribution < -0.4 is 5.73 Å². The van der Waals surface area contributed by atoms with Gasteiger partial charge in [-0.3, -0.25) is 4.90 Å². The second kappa shape index (κ2) is 7.48. The Morgan fingerprint density at radius 2 is 2.24 bits per heavy atom. The van der Waals surface area contributed by atoms with Crippen LogP contribution in [0.5, 0.6) is 0 Å². The summed E-state index contributed by atoms with van der Waals surface area (Å²) in [5, 5.41) is 0. The third-order valence-electron chi connectivity index (χ3n) is 3.09. The lowest BCUT2D eigenvalue weighted by molar-refractivity contribution is 0.102. The number of ether oxygens (including phenoxy) is 1. The summed E-state index contributed by atoms with van der Waals surface area (Å²) >= 11 is 0. The van der Waals surface area contributed by atoms with Crippen LogP contribution in [0, 0.1) is 0 Å². The van der Waals surface area contributed by atoms with Crippen LogP contribution in [0.3, 0.4) is 0 Å². The van der Waals surface area contributed by atoms with Crippen LogP contribution in [0.4, 0.5) is 0 Å². The molecule has 0 saturated carbocycles. The predicted molar refractivity (Wildman–Crippen MR) is 68.8 cm³/mol. The van der Waals surface area contributed by atoms with Crippen molar-refractivity contribution in [2.45, 2.75) is 32.4 Å². The van der Waals surface area contributed by atoms with Crippen LogP contribution in [0.2, 0.25) is 0 Å². The molecule has 0 aliphatic rings. The zero-order chi connectivity index (χ0) is 12.7. The zero-order valence-electron chi connectivity index (χ0n) is 11.1. The molecule has 0 saturated heterocycles. The molecule has 4 heteroatoms. The first-order chi connectivity index (χ1) is 8.24. The summed E-state index contributed by atoms with van der Waals surface area (Å²) in [6.07, 6.45) is 2.63. The Morgan fingerprint density at radius 3 is 2.71 bits per heavy atom. The first kappa shape index (κ1) is 14.2. The molecule has 0 aliphatic heterocycles. The number of rotatable bonds is 8. The summed E-state index contributed by atoms with van der Waals surface area (Å²) in [4.78, 5) is 2.30. The maximum Gasteiger partial charge on any atom is 0.122 e. The average Bonchev–Trinajstić information content (AvgIpc) is 2.87. The van der Waals surface area contributed by atoms with Gasteiger partial charge in [0, 0.05) is 19.7 Å². The number of methoxy groups -OCH3 is 1. The molecule has 2 N–H and O–H groups in total. The van der Waals surface area contributed by atoms with Gasteiger partial charge in [-0.1, -0.05) is 13.8 Å². The topological polar surface area (TPSA) is 51.6 Å². The van der Waals surface area contributed by atoms with Gasteiger partial charge in [0.25, 0.3) is 0 Å². The highest BCUT2D eigenvalue weighted by Gasteiger charge is 2.26. The van der Waals surface area contributed by atoms with E-state index in [0.29, 0.717) is 6.61 Å². The van der Waals surface area contributed by atoms with Crippen molar-refractivity contribution < 1.29 is 9.15 Å². The maximum atomic E-state index is 6.21. The van der Waals surface area contributed by atoms with Gasteiger partial charge in [-0.2, -0.15) is 0 Å². The van der Waals surface area contributed by atoms with Gasteiger partial charge < -0.3 is 14.9 Å². The van der Waals surface area contributed by atoms with Crippen LogP contribution in [-0.4, -0.2) is 37.7 Å². The molecule has 0 aromatic carbocycles. The van der Waals surface area contributed by atoms with E-state index in [4.69, 9.17) is 14.9 Å². The summed E-state index contributed by atoms with van der Waals surface area (Å²) in [5.74, 6) is 0.942. The quantitative estimate of drug-likeness (QED) is 0.755. The minimum atomic E-state index is 0.0814. The fraction of sp³-hybridized carbons (Fsp3) is 0.692. The molecule has 1 heterocycles. The summed E-state index contributed by atoms with van der Waals surface area (Å²) in [5.41, 5.74) is 6.21. The molecule has 0 bridgehead atoms. The third-order valence-corrected chi connectivity index (χ3v) is 3.09. The van der Waals surface area contributed by atoms with Gasteiger partial charge in [-0.15, -0.1) is 0 Å².